The molecular weight excluding hydrogens is 377 g/mol. The Hall–Kier alpha value is -2.62. The number of aromatic nitrogens is 3. The third-order valence-electron chi connectivity index (χ3n) is 4.61. The van der Waals surface area contributed by atoms with Crippen LogP contribution in [0.4, 0.5) is 0 Å². The molecule has 4 rings (SSSR count). The highest BCUT2D eigenvalue weighted by atomic mass is 35.5. The van der Waals surface area contributed by atoms with Crippen molar-refractivity contribution < 1.29 is 0 Å². The average Bonchev–Trinajstić information content (AvgIpc) is 3.18. The molecule has 0 aliphatic heterocycles. The fourth-order valence-corrected chi connectivity index (χ4v) is 3.94. The molecule has 0 bridgehead atoms. The summed E-state index contributed by atoms with van der Waals surface area (Å²) in [6.45, 7) is 2.04. The molecular formula is C22H17Cl2N3. The van der Waals surface area contributed by atoms with Crippen LogP contribution in [0.5, 0.6) is 0 Å². The van der Waals surface area contributed by atoms with Gasteiger partial charge in [0.2, 0.25) is 0 Å². The molecule has 0 radical (unpaired) electrons. The molecule has 134 valence electrons. The van der Waals surface area contributed by atoms with Crippen LogP contribution in [0, 0.1) is 0 Å². The van der Waals surface area contributed by atoms with Crippen molar-refractivity contribution in [3.63, 3.8) is 0 Å². The monoisotopic (exact) mass is 393 g/mol. The molecule has 3 nitrogen and oxygen atoms in total. The van der Waals surface area contributed by atoms with Crippen molar-refractivity contribution in [1.82, 2.24) is 15.2 Å². The molecule has 0 amide bonds. The van der Waals surface area contributed by atoms with E-state index in [9.17, 15) is 0 Å². The summed E-state index contributed by atoms with van der Waals surface area (Å²) >= 11 is 12.8. The third-order valence-corrected chi connectivity index (χ3v) is 5.29. The van der Waals surface area contributed by atoms with Gasteiger partial charge in [-0.25, -0.2) is 0 Å². The van der Waals surface area contributed by atoms with E-state index < -0.39 is 0 Å². The maximum absolute atomic E-state index is 6.41. The van der Waals surface area contributed by atoms with Crippen molar-refractivity contribution in [3.8, 4) is 33.5 Å². The van der Waals surface area contributed by atoms with Crippen LogP contribution < -0.4 is 0 Å². The van der Waals surface area contributed by atoms with Gasteiger partial charge < -0.3 is 0 Å². The summed E-state index contributed by atoms with van der Waals surface area (Å²) in [6, 6.07) is 16.2. The number of benzene rings is 2. The van der Waals surface area contributed by atoms with Crippen molar-refractivity contribution in [2.24, 2.45) is 0 Å². The molecule has 2 aromatic carbocycles. The molecule has 2 aromatic heterocycles. The van der Waals surface area contributed by atoms with Crippen LogP contribution in [-0.4, -0.2) is 15.2 Å². The lowest BCUT2D eigenvalue weighted by molar-refractivity contribution is 1.09. The second-order valence-corrected chi connectivity index (χ2v) is 7.06. The topological polar surface area (TPSA) is 41.6 Å². The van der Waals surface area contributed by atoms with Gasteiger partial charge in [0.25, 0.3) is 0 Å². The first-order chi connectivity index (χ1) is 13.2. The fraction of sp³-hybridized carbons (Fsp3) is 0.0909. The molecule has 5 heteroatoms. The van der Waals surface area contributed by atoms with Crippen LogP contribution in [0.3, 0.4) is 0 Å². The van der Waals surface area contributed by atoms with Crippen LogP contribution in [0.2, 0.25) is 10.0 Å². The van der Waals surface area contributed by atoms with Crippen LogP contribution in [0.25, 0.3) is 33.5 Å². The standard InChI is InChI=1S/C22H17Cl2N3/c1-2-18-20(23)10-17(11-21(18)24)22-19(13-26-27-22)15-7-5-14(6-8-15)16-4-3-9-25-12-16/h3-13H,2H2,1H3,(H,26,27). The first kappa shape index (κ1) is 17.8. The Morgan fingerprint density at radius 3 is 2.19 bits per heavy atom. The molecule has 0 fully saturated rings. The van der Waals surface area contributed by atoms with Gasteiger partial charge in [-0.3, -0.25) is 10.1 Å². The van der Waals surface area contributed by atoms with Gasteiger partial charge in [-0.1, -0.05) is 60.5 Å². The zero-order valence-electron chi connectivity index (χ0n) is 14.7. The largest absolute Gasteiger partial charge is 0.277 e. The van der Waals surface area contributed by atoms with Gasteiger partial charge in [0.05, 0.1) is 11.9 Å². The Kier molecular flexibility index (Phi) is 4.97. The van der Waals surface area contributed by atoms with E-state index in [1.165, 1.54) is 0 Å². The Balaban J connectivity index is 1.72. The predicted molar refractivity (Wildman–Crippen MR) is 112 cm³/mol. The highest BCUT2D eigenvalue weighted by Crippen LogP contribution is 2.36. The Labute approximate surface area is 168 Å². The van der Waals surface area contributed by atoms with Crippen molar-refractivity contribution in [3.05, 3.63) is 82.7 Å². The number of hydrogen-bond acceptors (Lipinski definition) is 2. The quantitative estimate of drug-likeness (QED) is 0.420. The number of halogens is 2. The fourth-order valence-electron chi connectivity index (χ4n) is 3.19. The first-order valence-electron chi connectivity index (χ1n) is 8.70. The Morgan fingerprint density at radius 2 is 1.56 bits per heavy atom. The number of pyridine rings is 1. The van der Waals surface area contributed by atoms with Gasteiger partial charge in [-0.2, -0.15) is 5.10 Å². The number of nitrogens with one attached hydrogen (secondary N) is 1. The number of aromatic amines is 1. The van der Waals surface area contributed by atoms with E-state index >= 15 is 0 Å². The molecule has 0 spiro atoms. The van der Waals surface area contributed by atoms with Crippen LogP contribution in [0.1, 0.15) is 12.5 Å². The molecule has 0 saturated carbocycles. The van der Waals surface area contributed by atoms with Crippen molar-refractivity contribution >= 4 is 23.2 Å². The first-order valence-corrected chi connectivity index (χ1v) is 9.45. The van der Waals surface area contributed by atoms with Gasteiger partial charge in [0.15, 0.2) is 0 Å². The van der Waals surface area contributed by atoms with Crippen LogP contribution >= 0.6 is 23.2 Å². The third kappa shape index (κ3) is 3.48. The lowest BCUT2D eigenvalue weighted by Crippen LogP contribution is -1.89. The maximum atomic E-state index is 6.41. The predicted octanol–water partition coefficient (Wildman–Crippen LogP) is 6.67. The van der Waals surface area contributed by atoms with Gasteiger partial charge in [0.1, 0.15) is 0 Å². The second kappa shape index (κ2) is 7.55. The number of nitrogens with zero attached hydrogens (tertiary/aromatic N) is 2. The Morgan fingerprint density at radius 1 is 0.852 bits per heavy atom. The summed E-state index contributed by atoms with van der Waals surface area (Å²) in [6.07, 6.45) is 6.25. The zero-order valence-corrected chi connectivity index (χ0v) is 16.2. The normalized spacial score (nSPS) is 10.9. The summed E-state index contributed by atoms with van der Waals surface area (Å²) in [5.41, 5.74) is 7.06. The average molecular weight is 394 g/mol. The van der Waals surface area contributed by atoms with E-state index in [4.69, 9.17) is 23.2 Å². The molecule has 4 aromatic rings. The highest BCUT2D eigenvalue weighted by Gasteiger charge is 2.14. The number of rotatable bonds is 4. The molecule has 0 saturated heterocycles. The maximum Gasteiger partial charge on any atom is 0.0729 e. The van der Waals surface area contributed by atoms with E-state index in [1.807, 2.05) is 43.6 Å². The molecule has 2 heterocycles. The summed E-state index contributed by atoms with van der Waals surface area (Å²) in [5, 5.41) is 8.66. The van der Waals surface area contributed by atoms with E-state index in [-0.39, 0.29) is 0 Å². The molecule has 0 aliphatic rings. The summed E-state index contributed by atoms with van der Waals surface area (Å²) in [7, 11) is 0. The van der Waals surface area contributed by atoms with Gasteiger partial charge in [0, 0.05) is 33.6 Å². The Bertz CT molecular complexity index is 1050. The summed E-state index contributed by atoms with van der Waals surface area (Å²) in [5.74, 6) is 0. The van der Waals surface area contributed by atoms with E-state index in [1.54, 1.807) is 6.20 Å². The minimum atomic E-state index is 0.674. The molecule has 1 N–H and O–H groups in total. The van der Waals surface area contributed by atoms with Gasteiger partial charge in [-0.05, 0) is 46.9 Å². The van der Waals surface area contributed by atoms with E-state index in [0.29, 0.717) is 10.0 Å². The smallest absolute Gasteiger partial charge is 0.0729 e. The highest BCUT2D eigenvalue weighted by molar-refractivity contribution is 6.36. The van der Waals surface area contributed by atoms with Crippen molar-refractivity contribution in [2.45, 2.75) is 13.3 Å². The van der Waals surface area contributed by atoms with Gasteiger partial charge >= 0.3 is 0 Å². The number of hydrogen-bond donors (Lipinski definition) is 1. The molecule has 0 atom stereocenters. The lowest BCUT2D eigenvalue weighted by atomic mass is 9.98. The van der Waals surface area contributed by atoms with E-state index in [2.05, 4.69) is 39.4 Å². The molecule has 0 aliphatic carbocycles. The van der Waals surface area contributed by atoms with Crippen LogP contribution in [-0.2, 0) is 6.42 Å². The SMILES string of the molecule is CCc1c(Cl)cc(-c2[nH]ncc2-c2ccc(-c3cccnc3)cc2)cc1Cl. The van der Waals surface area contributed by atoms with Crippen molar-refractivity contribution in [2.75, 3.05) is 0 Å². The van der Waals surface area contributed by atoms with Crippen LogP contribution in [0.15, 0.2) is 67.1 Å². The molecule has 0 unspecified atom stereocenters. The van der Waals surface area contributed by atoms with Gasteiger partial charge in [-0.15, -0.1) is 0 Å². The lowest BCUT2D eigenvalue weighted by Gasteiger charge is -2.10. The zero-order chi connectivity index (χ0) is 18.8. The van der Waals surface area contributed by atoms with Crippen molar-refractivity contribution in [1.29, 1.82) is 0 Å². The second-order valence-electron chi connectivity index (χ2n) is 6.25. The number of H-pyrrole nitrogens is 1. The summed E-state index contributed by atoms with van der Waals surface area (Å²) < 4.78 is 0. The van der Waals surface area contributed by atoms with E-state index in [0.717, 1.165) is 45.5 Å². The summed E-state index contributed by atoms with van der Waals surface area (Å²) in [4.78, 5) is 4.18. The molecule has 27 heavy (non-hydrogen) atoms. The minimum Gasteiger partial charge on any atom is -0.277 e. The minimum absolute atomic E-state index is 0.674.